The Morgan fingerprint density at radius 3 is 3.08 bits per heavy atom. The third-order valence-corrected chi connectivity index (χ3v) is 2.75. The topological polar surface area (TPSA) is 38.7 Å². The van der Waals surface area contributed by atoms with E-state index in [1.807, 2.05) is 13.0 Å². The maximum absolute atomic E-state index is 10.0. The van der Waals surface area contributed by atoms with Crippen LogP contribution in [0.15, 0.2) is 11.6 Å². The molecular formula is C9H14O3. The first-order chi connectivity index (χ1) is 5.65. The molecule has 2 rings (SSSR count). The lowest BCUT2D eigenvalue weighted by Gasteiger charge is -2.20. The highest BCUT2D eigenvalue weighted by atomic mass is 16.7. The molecule has 68 valence electrons. The van der Waals surface area contributed by atoms with Gasteiger partial charge in [-0.1, -0.05) is 6.08 Å². The predicted molar refractivity (Wildman–Crippen MR) is 43.6 cm³/mol. The van der Waals surface area contributed by atoms with E-state index in [4.69, 9.17) is 9.47 Å². The van der Waals surface area contributed by atoms with Gasteiger partial charge in [-0.15, -0.1) is 0 Å². The van der Waals surface area contributed by atoms with Crippen molar-refractivity contribution in [3.8, 4) is 0 Å². The summed E-state index contributed by atoms with van der Waals surface area (Å²) in [5.74, 6) is 0. The molecule has 0 aromatic carbocycles. The predicted octanol–water partition coefficient (Wildman–Crippen LogP) is 0.829. The molecule has 1 N–H and O–H groups in total. The van der Waals surface area contributed by atoms with E-state index in [0.29, 0.717) is 12.8 Å². The SMILES string of the molecule is CO[C@@H]1C[C@@]2(O)CC=C(C)[C@H]2O1. The van der Waals surface area contributed by atoms with Crippen LogP contribution in [0.2, 0.25) is 0 Å². The smallest absolute Gasteiger partial charge is 0.161 e. The maximum atomic E-state index is 10.0. The van der Waals surface area contributed by atoms with Crippen molar-refractivity contribution in [3.05, 3.63) is 11.6 Å². The van der Waals surface area contributed by atoms with Crippen molar-refractivity contribution in [2.24, 2.45) is 0 Å². The highest BCUT2D eigenvalue weighted by Crippen LogP contribution is 2.42. The lowest BCUT2D eigenvalue weighted by Crippen LogP contribution is -2.34. The Kier molecular flexibility index (Phi) is 1.75. The van der Waals surface area contributed by atoms with Crippen LogP contribution in [0.5, 0.6) is 0 Å². The van der Waals surface area contributed by atoms with Crippen LogP contribution in [-0.2, 0) is 9.47 Å². The van der Waals surface area contributed by atoms with E-state index in [9.17, 15) is 5.11 Å². The molecule has 1 aliphatic carbocycles. The molecule has 0 aromatic heterocycles. The number of aliphatic hydroxyl groups is 1. The van der Waals surface area contributed by atoms with Gasteiger partial charge in [0.05, 0.1) is 0 Å². The molecule has 0 unspecified atom stereocenters. The summed E-state index contributed by atoms with van der Waals surface area (Å²) in [7, 11) is 1.61. The van der Waals surface area contributed by atoms with Gasteiger partial charge in [0.1, 0.15) is 11.7 Å². The van der Waals surface area contributed by atoms with Crippen molar-refractivity contribution in [2.45, 2.75) is 37.8 Å². The first-order valence-electron chi connectivity index (χ1n) is 4.23. The summed E-state index contributed by atoms with van der Waals surface area (Å²) in [4.78, 5) is 0. The number of hydrogen-bond acceptors (Lipinski definition) is 3. The van der Waals surface area contributed by atoms with Crippen molar-refractivity contribution in [3.63, 3.8) is 0 Å². The van der Waals surface area contributed by atoms with Crippen LogP contribution in [-0.4, -0.2) is 30.2 Å². The fourth-order valence-electron chi connectivity index (χ4n) is 2.03. The Morgan fingerprint density at radius 1 is 1.75 bits per heavy atom. The molecule has 3 atom stereocenters. The van der Waals surface area contributed by atoms with Gasteiger partial charge < -0.3 is 14.6 Å². The summed E-state index contributed by atoms with van der Waals surface area (Å²) in [6.45, 7) is 1.99. The fourth-order valence-corrected chi connectivity index (χ4v) is 2.03. The van der Waals surface area contributed by atoms with E-state index in [1.54, 1.807) is 7.11 Å². The molecule has 3 nitrogen and oxygen atoms in total. The zero-order valence-corrected chi connectivity index (χ0v) is 7.41. The molecule has 0 saturated carbocycles. The Bertz CT molecular complexity index is 224. The number of ether oxygens (including phenoxy) is 2. The maximum Gasteiger partial charge on any atom is 0.161 e. The minimum Gasteiger partial charge on any atom is -0.386 e. The summed E-state index contributed by atoms with van der Waals surface area (Å²) >= 11 is 0. The summed E-state index contributed by atoms with van der Waals surface area (Å²) < 4.78 is 10.6. The van der Waals surface area contributed by atoms with Crippen LogP contribution in [0.25, 0.3) is 0 Å². The van der Waals surface area contributed by atoms with Gasteiger partial charge in [0, 0.05) is 13.5 Å². The molecule has 2 aliphatic rings. The van der Waals surface area contributed by atoms with Gasteiger partial charge in [-0.05, 0) is 18.9 Å². The Balaban J connectivity index is 2.16. The molecule has 12 heavy (non-hydrogen) atoms. The van der Waals surface area contributed by atoms with Gasteiger partial charge in [-0.2, -0.15) is 0 Å². The van der Waals surface area contributed by atoms with Crippen LogP contribution in [0, 0.1) is 0 Å². The second-order valence-corrected chi connectivity index (χ2v) is 3.64. The zero-order valence-electron chi connectivity index (χ0n) is 7.41. The largest absolute Gasteiger partial charge is 0.386 e. The van der Waals surface area contributed by atoms with E-state index < -0.39 is 5.60 Å². The Labute approximate surface area is 72.0 Å². The highest BCUT2D eigenvalue weighted by molar-refractivity contribution is 5.23. The van der Waals surface area contributed by atoms with E-state index in [-0.39, 0.29) is 12.4 Å². The normalized spacial score (nSPS) is 46.1. The van der Waals surface area contributed by atoms with E-state index in [1.165, 1.54) is 0 Å². The monoisotopic (exact) mass is 170 g/mol. The minimum atomic E-state index is -0.690. The van der Waals surface area contributed by atoms with Crippen LogP contribution >= 0.6 is 0 Å². The number of fused-ring (bicyclic) bond motifs is 1. The Hall–Kier alpha value is -0.380. The summed E-state index contributed by atoms with van der Waals surface area (Å²) in [5, 5.41) is 10.0. The minimum absolute atomic E-state index is 0.137. The van der Waals surface area contributed by atoms with Crippen LogP contribution in [0.3, 0.4) is 0 Å². The first kappa shape index (κ1) is 8.23. The fraction of sp³-hybridized carbons (Fsp3) is 0.778. The molecular weight excluding hydrogens is 156 g/mol. The molecule has 0 radical (unpaired) electrons. The quantitative estimate of drug-likeness (QED) is 0.592. The van der Waals surface area contributed by atoms with Crippen molar-refractivity contribution in [2.75, 3.05) is 7.11 Å². The standard InChI is InChI=1S/C9H14O3/c1-6-3-4-9(10)5-7(11-2)12-8(6)9/h3,7-8,10H,4-5H2,1-2H3/t7-,8+,9-/m0/s1. The van der Waals surface area contributed by atoms with Crippen molar-refractivity contribution < 1.29 is 14.6 Å². The summed E-state index contributed by atoms with van der Waals surface area (Å²) in [5.41, 5.74) is 0.433. The molecule has 1 fully saturated rings. The van der Waals surface area contributed by atoms with Crippen molar-refractivity contribution in [1.29, 1.82) is 0 Å². The molecule has 0 spiro atoms. The third kappa shape index (κ3) is 1.01. The lowest BCUT2D eigenvalue weighted by molar-refractivity contribution is -0.110. The zero-order chi connectivity index (χ0) is 8.77. The average molecular weight is 170 g/mol. The molecule has 0 bridgehead atoms. The van der Waals surface area contributed by atoms with E-state index in [0.717, 1.165) is 5.57 Å². The highest BCUT2D eigenvalue weighted by Gasteiger charge is 2.50. The van der Waals surface area contributed by atoms with Gasteiger partial charge >= 0.3 is 0 Å². The van der Waals surface area contributed by atoms with Crippen molar-refractivity contribution >= 4 is 0 Å². The molecule has 1 saturated heterocycles. The number of hydrogen-bond donors (Lipinski definition) is 1. The van der Waals surface area contributed by atoms with E-state index >= 15 is 0 Å². The van der Waals surface area contributed by atoms with Gasteiger partial charge in [0.15, 0.2) is 6.29 Å². The summed E-state index contributed by atoms with van der Waals surface area (Å²) in [6, 6.07) is 0. The molecule has 0 amide bonds. The van der Waals surface area contributed by atoms with Crippen LogP contribution in [0.4, 0.5) is 0 Å². The second kappa shape index (κ2) is 2.55. The molecule has 1 aliphatic heterocycles. The number of methoxy groups -OCH3 is 1. The summed E-state index contributed by atoms with van der Waals surface area (Å²) in [6.07, 6.45) is 2.95. The van der Waals surface area contributed by atoms with Crippen LogP contribution < -0.4 is 0 Å². The van der Waals surface area contributed by atoms with Gasteiger partial charge in [0.2, 0.25) is 0 Å². The third-order valence-electron chi connectivity index (χ3n) is 2.75. The molecule has 3 heteroatoms. The Morgan fingerprint density at radius 2 is 2.50 bits per heavy atom. The van der Waals surface area contributed by atoms with Crippen LogP contribution in [0.1, 0.15) is 19.8 Å². The average Bonchev–Trinajstić information content (AvgIpc) is 2.50. The molecule has 1 heterocycles. The van der Waals surface area contributed by atoms with Crippen molar-refractivity contribution in [1.82, 2.24) is 0 Å². The molecule has 0 aromatic rings. The van der Waals surface area contributed by atoms with Gasteiger partial charge in [0.25, 0.3) is 0 Å². The second-order valence-electron chi connectivity index (χ2n) is 3.64. The lowest BCUT2D eigenvalue weighted by atomic mass is 9.95. The number of rotatable bonds is 1. The van der Waals surface area contributed by atoms with Gasteiger partial charge in [-0.3, -0.25) is 0 Å². The van der Waals surface area contributed by atoms with Gasteiger partial charge in [-0.25, -0.2) is 0 Å². The van der Waals surface area contributed by atoms with E-state index in [2.05, 4.69) is 0 Å². The first-order valence-corrected chi connectivity index (χ1v) is 4.23.